The molecule has 4 nitrogen and oxygen atoms in total. The van der Waals surface area contributed by atoms with E-state index in [1.807, 2.05) is 6.92 Å². The van der Waals surface area contributed by atoms with Gasteiger partial charge >= 0.3 is 0 Å². The fourth-order valence-electron chi connectivity index (χ4n) is 1.96. The summed E-state index contributed by atoms with van der Waals surface area (Å²) in [6, 6.07) is 12.3. The molecular weight excluding hydrogens is 346 g/mol. The van der Waals surface area contributed by atoms with Crippen molar-refractivity contribution in [2.24, 2.45) is 0 Å². The van der Waals surface area contributed by atoms with Gasteiger partial charge in [-0.15, -0.1) is 0 Å². The number of hydrogen-bond acceptors (Lipinski definition) is 3. The van der Waals surface area contributed by atoms with Crippen LogP contribution in [0.3, 0.4) is 0 Å². The Kier molecular flexibility index (Phi) is 5.57. The third-order valence-corrected chi connectivity index (χ3v) is 3.76. The first kappa shape index (κ1) is 16.5. The van der Waals surface area contributed by atoms with Crippen LogP contribution >= 0.6 is 15.9 Å². The smallest absolute Gasteiger partial charge is 0.255 e. The molecule has 0 radical (unpaired) electrons. The first-order chi connectivity index (χ1) is 10.5. The fourth-order valence-corrected chi connectivity index (χ4v) is 2.46. The molecule has 0 spiro atoms. The van der Waals surface area contributed by atoms with Crippen LogP contribution in [0.2, 0.25) is 0 Å². The summed E-state index contributed by atoms with van der Waals surface area (Å²) >= 11 is 3.39. The number of benzene rings is 2. The summed E-state index contributed by atoms with van der Waals surface area (Å²) in [5, 5.41) is 12.3. The predicted octanol–water partition coefficient (Wildman–Crippen LogP) is 4.15. The number of aliphatic hydroxyl groups is 1. The van der Waals surface area contributed by atoms with Crippen LogP contribution in [-0.2, 0) is 0 Å². The lowest BCUT2D eigenvalue weighted by molar-refractivity contribution is 0.102. The second kappa shape index (κ2) is 7.42. The third kappa shape index (κ3) is 4.08. The van der Waals surface area contributed by atoms with E-state index in [4.69, 9.17) is 4.74 Å². The lowest BCUT2D eigenvalue weighted by atomic mass is 10.1. The van der Waals surface area contributed by atoms with Crippen LogP contribution in [0.15, 0.2) is 46.9 Å². The second-order valence-corrected chi connectivity index (χ2v) is 5.68. The molecule has 2 rings (SSSR count). The monoisotopic (exact) mass is 363 g/mol. The lowest BCUT2D eigenvalue weighted by Crippen LogP contribution is -2.12. The van der Waals surface area contributed by atoms with Gasteiger partial charge in [0.15, 0.2) is 0 Å². The Balaban J connectivity index is 2.10. The SMILES string of the molecule is CCOc1ccc(C(=O)Nc2ccc([C@@H](C)O)cc2)cc1Br. The number of halogens is 1. The van der Waals surface area contributed by atoms with E-state index in [1.165, 1.54) is 0 Å². The summed E-state index contributed by atoms with van der Waals surface area (Å²) in [4.78, 5) is 12.2. The number of anilines is 1. The van der Waals surface area contributed by atoms with E-state index in [0.29, 0.717) is 23.6 Å². The third-order valence-electron chi connectivity index (χ3n) is 3.14. The Morgan fingerprint density at radius 2 is 1.95 bits per heavy atom. The Bertz CT molecular complexity index is 653. The number of ether oxygens (including phenoxy) is 1. The van der Waals surface area contributed by atoms with Crippen molar-refractivity contribution in [3.8, 4) is 5.75 Å². The molecule has 1 atom stereocenters. The minimum atomic E-state index is -0.521. The van der Waals surface area contributed by atoms with E-state index in [-0.39, 0.29) is 5.91 Å². The van der Waals surface area contributed by atoms with Crippen LogP contribution in [0.1, 0.15) is 35.9 Å². The number of aliphatic hydroxyl groups excluding tert-OH is 1. The van der Waals surface area contributed by atoms with E-state index in [2.05, 4.69) is 21.2 Å². The molecule has 116 valence electrons. The molecule has 0 aliphatic carbocycles. The summed E-state index contributed by atoms with van der Waals surface area (Å²) in [6.45, 7) is 4.18. The Morgan fingerprint density at radius 1 is 1.27 bits per heavy atom. The topological polar surface area (TPSA) is 58.6 Å². The summed E-state index contributed by atoms with van der Waals surface area (Å²) in [5.74, 6) is 0.508. The zero-order valence-electron chi connectivity index (χ0n) is 12.5. The van der Waals surface area contributed by atoms with Gasteiger partial charge < -0.3 is 15.2 Å². The molecule has 0 aromatic heterocycles. The molecule has 0 fully saturated rings. The van der Waals surface area contributed by atoms with Crippen LogP contribution in [0.5, 0.6) is 5.75 Å². The van der Waals surface area contributed by atoms with Crippen LogP contribution < -0.4 is 10.1 Å². The van der Waals surface area contributed by atoms with Gasteiger partial charge in [0.25, 0.3) is 5.91 Å². The molecule has 2 N–H and O–H groups in total. The molecule has 0 bridgehead atoms. The quantitative estimate of drug-likeness (QED) is 0.838. The molecule has 0 aliphatic rings. The van der Waals surface area contributed by atoms with E-state index in [9.17, 15) is 9.90 Å². The van der Waals surface area contributed by atoms with Crippen LogP contribution in [0, 0.1) is 0 Å². The fraction of sp³-hybridized carbons (Fsp3) is 0.235. The highest BCUT2D eigenvalue weighted by atomic mass is 79.9. The van der Waals surface area contributed by atoms with Crippen molar-refractivity contribution >= 4 is 27.5 Å². The molecule has 22 heavy (non-hydrogen) atoms. The van der Waals surface area contributed by atoms with Crippen LogP contribution in [0.4, 0.5) is 5.69 Å². The number of hydrogen-bond donors (Lipinski definition) is 2. The van der Waals surface area contributed by atoms with Crippen LogP contribution in [0.25, 0.3) is 0 Å². The number of amides is 1. The molecule has 0 aliphatic heterocycles. The second-order valence-electron chi connectivity index (χ2n) is 4.83. The van der Waals surface area contributed by atoms with Gasteiger partial charge in [0.2, 0.25) is 0 Å². The average Bonchev–Trinajstić information content (AvgIpc) is 2.50. The van der Waals surface area contributed by atoms with Gasteiger partial charge in [-0.2, -0.15) is 0 Å². The van der Waals surface area contributed by atoms with Crippen LogP contribution in [-0.4, -0.2) is 17.6 Å². The van der Waals surface area contributed by atoms with Gasteiger partial charge in [0, 0.05) is 11.3 Å². The van der Waals surface area contributed by atoms with Gasteiger partial charge in [-0.05, 0) is 65.7 Å². The van der Waals surface area contributed by atoms with Gasteiger partial charge in [0.1, 0.15) is 5.75 Å². The Labute approximate surface area is 138 Å². The molecule has 0 unspecified atom stereocenters. The standard InChI is InChI=1S/C17H18BrNO3/c1-3-22-16-9-6-13(10-15(16)18)17(21)19-14-7-4-12(5-8-14)11(2)20/h4-11,20H,3H2,1-2H3,(H,19,21)/t11-/m1/s1. The number of nitrogens with one attached hydrogen (secondary N) is 1. The minimum Gasteiger partial charge on any atom is -0.493 e. The number of carbonyl (C=O) groups is 1. The highest BCUT2D eigenvalue weighted by molar-refractivity contribution is 9.10. The first-order valence-electron chi connectivity index (χ1n) is 7.03. The van der Waals surface area contributed by atoms with Gasteiger partial charge in [-0.25, -0.2) is 0 Å². The summed E-state index contributed by atoms with van der Waals surface area (Å²) in [7, 11) is 0. The summed E-state index contributed by atoms with van der Waals surface area (Å²) in [5.41, 5.74) is 2.02. The van der Waals surface area contributed by atoms with Crippen molar-refractivity contribution in [1.29, 1.82) is 0 Å². The van der Waals surface area contributed by atoms with Gasteiger partial charge in [-0.1, -0.05) is 12.1 Å². The Hall–Kier alpha value is -1.85. The summed E-state index contributed by atoms with van der Waals surface area (Å²) < 4.78 is 6.17. The molecule has 2 aromatic rings. The molecular formula is C17H18BrNO3. The van der Waals surface area contributed by atoms with Crippen molar-refractivity contribution in [1.82, 2.24) is 0 Å². The maximum atomic E-state index is 12.2. The van der Waals surface area contributed by atoms with Crippen molar-refractivity contribution in [3.05, 3.63) is 58.1 Å². The molecule has 2 aromatic carbocycles. The van der Waals surface area contributed by atoms with Crippen molar-refractivity contribution in [2.45, 2.75) is 20.0 Å². The van der Waals surface area contributed by atoms with E-state index < -0.39 is 6.10 Å². The highest BCUT2D eigenvalue weighted by Crippen LogP contribution is 2.26. The van der Waals surface area contributed by atoms with E-state index in [0.717, 1.165) is 10.0 Å². The van der Waals surface area contributed by atoms with Gasteiger partial charge in [-0.3, -0.25) is 4.79 Å². The highest BCUT2D eigenvalue weighted by Gasteiger charge is 2.10. The maximum Gasteiger partial charge on any atom is 0.255 e. The molecule has 0 heterocycles. The first-order valence-corrected chi connectivity index (χ1v) is 7.82. The van der Waals surface area contributed by atoms with Crippen molar-refractivity contribution in [3.63, 3.8) is 0 Å². The zero-order chi connectivity index (χ0) is 16.1. The lowest BCUT2D eigenvalue weighted by Gasteiger charge is -2.10. The largest absolute Gasteiger partial charge is 0.493 e. The number of carbonyl (C=O) groups excluding carboxylic acids is 1. The molecule has 0 saturated heterocycles. The van der Waals surface area contributed by atoms with Crippen molar-refractivity contribution < 1.29 is 14.6 Å². The maximum absolute atomic E-state index is 12.2. The van der Waals surface area contributed by atoms with E-state index in [1.54, 1.807) is 49.4 Å². The molecule has 0 saturated carbocycles. The predicted molar refractivity (Wildman–Crippen MR) is 90.3 cm³/mol. The normalized spacial score (nSPS) is 11.8. The number of rotatable bonds is 5. The van der Waals surface area contributed by atoms with Gasteiger partial charge in [0.05, 0.1) is 17.2 Å². The van der Waals surface area contributed by atoms with E-state index >= 15 is 0 Å². The average molecular weight is 364 g/mol. The Morgan fingerprint density at radius 3 is 2.50 bits per heavy atom. The summed E-state index contributed by atoms with van der Waals surface area (Å²) in [6.07, 6.45) is -0.521. The zero-order valence-corrected chi connectivity index (χ0v) is 14.1. The molecule has 1 amide bonds. The minimum absolute atomic E-state index is 0.200. The molecule has 5 heteroatoms. The van der Waals surface area contributed by atoms with Crippen molar-refractivity contribution in [2.75, 3.05) is 11.9 Å².